The van der Waals surface area contributed by atoms with Crippen LogP contribution in [0.5, 0.6) is 0 Å². The van der Waals surface area contributed by atoms with E-state index < -0.39 is 51.1 Å². The van der Waals surface area contributed by atoms with Gasteiger partial charge >= 0.3 is 25.7 Å². The maximum Gasteiger partial charge on any atom is 0.472 e. The second kappa shape index (κ2) is 42.6. The van der Waals surface area contributed by atoms with Crippen molar-refractivity contribution in [1.29, 1.82) is 0 Å². The number of ether oxygens (including phenoxy) is 2. The number of aliphatic carboxylic acids is 1. The standard InChI is InChI=1S/C47H88NO10P/c1-3-5-7-9-11-13-15-17-18-19-20-21-22-23-24-25-26-27-29-31-33-35-37-39-46(50)58-43(41-56-59(53,54)57-42-44(48)47(51)52)40-55-45(49)38-36-34-32-30-28-16-14-12-10-8-6-4-2/h12,14,31,33,43-44H,3-11,13,15-30,32,34-42,48H2,1-2H3,(H,51,52)(H,53,54)/b14-12+,33-31+/t43-,44-/m0/s1. The maximum atomic E-state index is 12.6. The largest absolute Gasteiger partial charge is 0.480 e. The molecule has 0 aliphatic carbocycles. The van der Waals surface area contributed by atoms with Crippen molar-refractivity contribution in [3.63, 3.8) is 0 Å². The lowest BCUT2D eigenvalue weighted by Crippen LogP contribution is -2.34. The minimum Gasteiger partial charge on any atom is -0.480 e. The summed E-state index contributed by atoms with van der Waals surface area (Å²) in [6.45, 7) is 2.77. The Bertz CT molecular complexity index is 1100. The van der Waals surface area contributed by atoms with Crippen molar-refractivity contribution < 1.29 is 47.5 Å². The molecule has 0 aliphatic rings. The van der Waals surface area contributed by atoms with E-state index in [1.165, 1.54) is 128 Å². The molecular formula is C47H88NO10P. The van der Waals surface area contributed by atoms with Gasteiger partial charge in [0, 0.05) is 12.8 Å². The molecule has 0 saturated carbocycles. The third kappa shape index (κ3) is 42.4. The monoisotopic (exact) mass is 858 g/mol. The molecule has 0 aromatic carbocycles. The lowest BCUT2D eigenvalue weighted by molar-refractivity contribution is -0.161. The first-order valence-electron chi connectivity index (χ1n) is 23.9. The van der Waals surface area contributed by atoms with Crippen LogP contribution in [0.25, 0.3) is 0 Å². The summed E-state index contributed by atoms with van der Waals surface area (Å²) in [6.07, 6.45) is 45.5. The second-order valence-corrected chi connectivity index (χ2v) is 17.7. The summed E-state index contributed by atoms with van der Waals surface area (Å²) in [5.41, 5.74) is 5.34. The Hall–Kier alpha value is -2.04. The molecule has 0 aromatic heterocycles. The van der Waals surface area contributed by atoms with E-state index in [2.05, 4.69) is 42.7 Å². The molecule has 1 unspecified atom stereocenters. The topological polar surface area (TPSA) is 172 Å². The van der Waals surface area contributed by atoms with E-state index in [1.54, 1.807) is 0 Å². The van der Waals surface area contributed by atoms with Gasteiger partial charge < -0.3 is 25.2 Å². The molecule has 0 aliphatic heterocycles. The van der Waals surface area contributed by atoms with Crippen molar-refractivity contribution in [2.75, 3.05) is 19.8 Å². The number of carboxylic acids is 1. The third-order valence-corrected chi connectivity index (χ3v) is 11.4. The summed E-state index contributed by atoms with van der Waals surface area (Å²) in [5, 5.41) is 8.89. The van der Waals surface area contributed by atoms with Gasteiger partial charge in [-0.2, -0.15) is 0 Å². The molecule has 0 aromatic rings. The summed E-state index contributed by atoms with van der Waals surface area (Å²) in [4.78, 5) is 46.0. The summed E-state index contributed by atoms with van der Waals surface area (Å²) in [7, 11) is -4.72. The highest BCUT2D eigenvalue weighted by Crippen LogP contribution is 2.43. The van der Waals surface area contributed by atoms with E-state index in [0.29, 0.717) is 19.3 Å². The highest BCUT2D eigenvalue weighted by molar-refractivity contribution is 7.47. The van der Waals surface area contributed by atoms with Gasteiger partial charge in [-0.05, 0) is 57.8 Å². The van der Waals surface area contributed by atoms with Gasteiger partial charge in [0.15, 0.2) is 6.10 Å². The molecule has 59 heavy (non-hydrogen) atoms. The van der Waals surface area contributed by atoms with Crippen LogP contribution >= 0.6 is 7.82 Å². The van der Waals surface area contributed by atoms with E-state index in [-0.39, 0.29) is 19.4 Å². The van der Waals surface area contributed by atoms with E-state index >= 15 is 0 Å². The molecular weight excluding hydrogens is 769 g/mol. The van der Waals surface area contributed by atoms with Crippen LogP contribution < -0.4 is 5.73 Å². The zero-order valence-corrected chi connectivity index (χ0v) is 38.5. The maximum absolute atomic E-state index is 12.6. The highest BCUT2D eigenvalue weighted by Gasteiger charge is 2.28. The molecule has 0 saturated heterocycles. The summed E-state index contributed by atoms with van der Waals surface area (Å²) in [5.74, 6) is -2.42. The van der Waals surface area contributed by atoms with Crippen LogP contribution in [-0.2, 0) is 37.5 Å². The highest BCUT2D eigenvalue weighted by atomic mass is 31.2. The van der Waals surface area contributed by atoms with Gasteiger partial charge in [0.2, 0.25) is 0 Å². The Balaban J connectivity index is 4.25. The van der Waals surface area contributed by atoms with Gasteiger partial charge in [-0.15, -0.1) is 0 Å². The average Bonchev–Trinajstić information content (AvgIpc) is 3.21. The first-order chi connectivity index (χ1) is 28.6. The lowest BCUT2D eigenvalue weighted by Gasteiger charge is -2.20. The summed E-state index contributed by atoms with van der Waals surface area (Å²) in [6, 6.07) is -1.52. The fourth-order valence-corrected chi connectivity index (χ4v) is 7.43. The van der Waals surface area contributed by atoms with E-state index in [9.17, 15) is 23.8 Å². The minimum atomic E-state index is -4.72. The number of carbonyl (C=O) groups is 3. The number of unbranched alkanes of at least 4 members (excludes halogenated alkanes) is 27. The molecule has 0 bridgehead atoms. The first-order valence-corrected chi connectivity index (χ1v) is 25.4. The van der Waals surface area contributed by atoms with Crippen LogP contribution in [0, 0.1) is 0 Å². The van der Waals surface area contributed by atoms with Crippen molar-refractivity contribution in [2.24, 2.45) is 5.73 Å². The molecule has 11 nitrogen and oxygen atoms in total. The van der Waals surface area contributed by atoms with Crippen molar-refractivity contribution in [3.8, 4) is 0 Å². The normalized spacial score (nSPS) is 13.8. The number of hydrogen-bond donors (Lipinski definition) is 3. The molecule has 0 heterocycles. The lowest BCUT2D eigenvalue weighted by atomic mass is 10.0. The number of hydrogen-bond acceptors (Lipinski definition) is 9. The van der Waals surface area contributed by atoms with E-state index in [0.717, 1.165) is 51.4 Å². The number of nitrogens with two attached hydrogens (primary N) is 1. The fourth-order valence-electron chi connectivity index (χ4n) is 6.65. The number of carboxylic acid groups (broad SMARTS) is 1. The number of phosphoric acid groups is 1. The predicted molar refractivity (Wildman–Crippen MR) is 240 cm³/mol. The zero-order chi connectivity index (χ0) is 43.5. The van der Waals surface area contributed by atoms with Crippen LogP contribution in [0.3, 0.4) is 0 Å². The van der Waals surface area contributed by atoms with Crippen LogP contribution in [0.1, 0.15) is 226 Å². The molecule has 0 fully saturated rings. The zero-order valence-electron chi connectivity index (χ0n) is 37.6. The van der Waals surface area contributed by atoms with Crippen molar-refractivity contribution >= 4 is 25.7 Å². The molecule has 0 spiro atoms. The molecule has 0 amide bonds. The van der Waals surface area contributed by atoms with Crippen LogP contribution in [-0.4, -0.2) is 59.9 Å². The van der Waals surface area contributed by atoms with Crippen LogP contribution in [0.15, 0.2) is 24.3 Å². The Morgan fingerprint density at radius 2 is 0.864 bits per heavy atom. The Morgan fingerprint density at radius 3 is 1.32 bits per heavy atom. The van der Waals surface area contributed by atoms with Gasteiger partial charge in [-0.1, -0.05) is 179 Å². The van der Waals surface area contributed by atoms with Crippen molar-refractivity contribution in [1.82, 2.24) is 0 Å². The number of phosphoric ester groups is 1. The number of esters is 2. The van der Waals surface area contributed by atoms with Gasteiger partial charge in [-0.3, -0.25) is 23.4 Å². The second-order valence-electron chi connectivity index (χ2n) is 16.2. The number of carbonyl (C=O) groups excluding carboxylic acids is 2. The average molecular weight is 858 g/mol. The number of allylic oxidation sites excluding steroid dienone is 4. The van der Waals surface area contributed by atoms with Gasteiger partial charge in [0.05, 0.1) is 13.2 Å². The van der Waals surface area contributed by atoms with Gasteiger partial charge in [0.1, 0.15) is 12.6 Å². The Kier molecular flexibility index (Phi) is 41.2. The fraction of sp³-hybridized carbons (Fsp3) is 0.851. The Morgan fingerprint density at radius 1 is 0.508 bits per heavy atom. The third-order valence-electron chi connectivity index (χ3n) is 10.4. The van der Waals surface area contributed by atoms with Gasteiger partial charge in [0.25, 0.3) is 0 Å². The summed E-state index contributed by atoms with van der Waals surface area (Å²) < 4.78 is 32.7. The molecule has 0 rings (SSSR count). The molecule has 4 N–H and O–H groups in total. The van der Waals surface area contributed by atoms with Crippen LogP contribution in [0.2, 0.25) is 0 Å². The molecule has 3 atom stereocenters. The number of rotatable bonds is 45. The first kappa shape index (κ1) is 57.0. The quantitative estimate of drug-likeness (QED) is 0.0230. The molecule has 346 valence electrons. The molecule has 12 heteroatoms. The summed E-state index contributed by atoms with van der Waals surface area (Å²) >= 11 is 0. The van der Waals surface area contributed by atoms with Gasteiger partial charge in [-0.25, -0.2) is 4.57 Å². The SMILES string of the molecule is CCCCC/C=C/CCCCCCCC(=O)OC[C@@H](COP(=O)(O)OC[C@H](N)C(=O)O)OC(=O)CCC/C=C/CCCCCCCCCCCCCCCCCCCC. The van der Waals surface area contributed by atoms with E-state index in [4.69, 9.17) is 24.8 Å². The van der Waals surface area contributed by atoms with Crippen LogP contribution in [0.4, 0.5) is 0 Å². The predicted octanol–water partition coefficient (Wildman–Crippen LogP) is 13.0. The van der Waals surface area contributed by atoms with E-state index in [1.807, 2.05) is 0 Å². The molecule has 0 radical (unpaired) electrons. The van der Waals surface area contributed by atoms with Crippen molar-refractivity contribution in [3.05, 3.63) is 24.3 Å². The Labute approximate surface area is 360 Å². The smallest absolute Gasteiger partial charge is 0.472 e. The minimum absolute atomic E-state index is 0.114. The van der Waals surface area contributed by atoms with Crippen molar-refractivity contribution in [2.45, 2.75) is 238 Å².